The molecule has 208 valence electrons. The molecule has 1 heterocycles. The third-order valence-electron chi connectivity index (χ3n) is 5.47. The molecule has 2 unspecified atom stereocenters. The van der Waals surface area contributed by atoms with Crippen molar-refractivity contribution in [3.05, 3.63) is 23.8 Å². The highest BCUT2D eigenvalue weighted by Crippen LogP contribution is 2.30. The second kappa shape index (κ2) is 15.7. The lowest BCUT2D eigenvalue weighted by molar-refractivity contribution is -0.143. The van der Waals surface area contributed by atoms with E-state index >= 15 is 0 Å². The van der Waals surface area contributed by atoms with E-state index < -0.39 is 24.3 Å². The van der Waals surface area contributed by atoms with E-state index in [1.165, 1.54) is 19.2 Å². The van der Waals surface area contributed by atoms with E-state index in [9.17, 15) is 19.2 Å². The van der Waals surface area contributed by atoms with Crippen LogP contribution in [0.15, 0.2) is 18.2 Å². The van der Waals surface area contributed by atoms with Gasteiger partial charge in [0.1, 0.15) is 18.2 Å². The van der Waals surface area contributed by atoms with Crippen molar-refractivity contribution in [2.24, 2.45) is 11.8 Å². The molecule has 1 aliphatic heterocycles. The molecule has 11 nitrogen and oxygen atoms in total. The lowest BCUT2D eigenvalue weighted by Crippen LogP contribution is -2.39. The molecule has 1 aromatic carbocycles. The van der Waals surface area contributed by atoms with Gasteiger partial charge in [-0.2, -0.15) is 0 Å². The Hall–Kier alpha value is -3.34. The lowest BCUT2D eigenvalue weighted by Gasteiger charge is -2.19. The zero-order valence-corrected chi connectivity index (χ0v) is 22.8. The van der Waals surface area contributed by atoms with Gasteiger partial charge >= 0.3 is 24.2 Å². The molecular formula is C26H39NO10. The number of benzene rings is 1. The summed E-state index contributed by atoms with van der Waals surface area (Å²) in [6.07, 6.45) is -2.32. The molecule has 37 heavy (non-hydrogen) atoms. The molecule has 3 atom stereocenters. The van der Waals surface area contributed by atoms with Crippen LogP contribution in [0.2, 0.25) is 0 Å². The fourth-order valence-electron chi connectivity index (χ4n) is 2.54. The molecule has 0 spiro atoms. The maximum absolute atomic E-state index is 12.3. The number of cyclic esters (lactones) is 1. The summed E-state index contributed by atoms with van der Waals surface area (Å²) in [4.78, 5) is 45.9. The van der Waals surface area contributed by atoms with E-state index in [1.54, 1.807) is 19.9 Å². The zero-order chi connectivity index (χ0) is 28.1. The molecular weight excluding hydrogens is 486 g/mol. The molecule has 1 aliphatic rings. The van der Waals surface area contributed by atoms with Crippen LogP contribution in [0.3, 0.4) is 0 Å². The highest BCUT2D eigenvalue weighted by atomic mass is 16.8. The molecule has 0 aliphatic carbocycles. The maximum atomic E-state index is 12.3. The Morgan fingerprint density at radius 1 is 0.919 bits per heavy atom. The highest BCUT2D eigenvalue weighted by molar-refractivity contribution is 5.82. The fraction of sp³-hybridized carbons (Fsp3) is 0.615. The minimum atomic E-state index is -0.932. The number of nitrogens with one attached hydrogen (secondary N) is 1. The van der Waals surface area contributed by atoms with Crippen LogP contribution < -0.4 is 14.8 Å². The zero-order valence-electron chi connectivity index (χ0n) is 22.8. The van der Waals surface area contributed by atoms with Crippen LogP contribution in [0.25, 0.3) is 0 Å². The maximum Gasteiger partial charge on any atom is 0.514 e. The predicted molar refractivity (Wildman–Crippen MR) is 133 cm³/mol. The molecule has 11 heteroatoms. The third kappa shape index (κ3) is 12.4. The summed E-state index contributed by atoms with van der Waals surface area (Å²) in [5, 5.41) is 3.05. The van der Waals surface area contributed by atoms with E-state index in [2.05, 4.69) is 10.1 Å². The molecule has 0 aromatic heterocycles. The molecule has 1 aromatic rings. The van der Waals surface area contributed by atoms with Crippen LogP contribution in [0, 0.1) is 11.8 Å². The Labute approximate surface area is 218 Å². The predicted octanol–water partition coefficient (Wildman–Crippen LogP) is 4.04. The van der Waals surface area contributed by atoms with Gasteiger partial charge in [-0.05, 0) is 56.3 Å². The molecule has 2 rings (SSSR count). The Kier molecular flexibility index (Phi) is 13.4. The van der Waals surface area contributed by atoms with E-state index in [0.29, 0.717) is 18.7 Å². The van der Waals surface area contributed by atoms with Gasteiger partial charge in [0.25, 0.3) is 0 Å². The van der Waals surface area contributed by atoms with Gasteiger partial charge in [-0.15, -0.1) is 0 Å². The largest absolute Gasteiger partial charge is 0.514 e. The van der Waals surface area contributed by atoms with Crippen LogP contribution in [0.1, 0.15) is 54.0 Å². The van der Waals surface area contributed by atoms with Gasteiger partial charge in [0.15, 0.2) is 18.1 Å². The van der Waals surface area contributed by atoms with Crippen LogP contribution in [-0.4, -0.2) is 62.8 Å². The van der Waals surface area contributed by atoms with Gasteiger partial charge in [0.2, 0.25) is 0 Å². The summed E-state index contributed by atoms with van der Waals surface area (Å²) in [7, 11) is 1.31. The molecule has 0 amide bonds. The van der Waals surface area contributed by atoms with E-state index in [4.69, 9.17) is 23.7 Å². The monoisotopic (exact) mass is 525 g/mol. The number of carbonyl (C=O) groups excluding carboxylic acids is 4. The van der Waals surface area contributed by atoms with Gasteiger partial charge in [0.05, 0.1) is 7.11 Å². The Bertz CT molecular complexity index is 909. The molecule has 1 saturated heterocycles. The van der Waals surface area contributed by atoms with Gasteiger partial charge < -0.3 is 33.7 Å². The molecule has 0 bridgehead atoms. The number of likely N-dealkylation sites (N-methyl/N-ethyl adjacent to an activating group) is 1. The molecule has 0 radical (unpaired) electrons. The SMILES string of the molecule is CCN[C@@H](Cc1ccc(OC(=O)OC(C)C(C)C)c(OC(=O)OC(C)C(C)C)c1)C(=O)OC.O=C1CO1. The highest BCUT2D eigenvalue weighted by Gasteiger charge is 2.23. The van der Waals surface area contributed by atoms with Gasteiger partial charge in [-0.25, -0.2) is 14.4 Å². The van der Waals surface area contributed by atoms with Gasteiger partial charge in [-0.1, -0.05) is 40.7 Å². The number of rotatable bonds is 11. The van der Waals surface area contributed by atoms with Crippen molar-refractivity contribution in [1.29, 1.82) is 0 Å². The molecule has 1 N–H and O–H groups in total. The van der Waals surface area contributed by atoms with Crippen molar-refractivity contribution < 1.29 is 47.6 Å². The Morgan fingerprint density at radius 3 is 1.81 bits per heavy atom. The van der Waals surface area contributed by atoms with Crippen molar-refractivity contribution in [1.82, 2.24) is 5.32 Å². The van der Waals surface area contributed by atoms with Crippen molar-refractivity contribution >= 4 is 24.2 Å². The quantitative estimate of drug-likeness (QED) is 0.194. The summed E-state index contributed by atoms with van der Waals surface area (Å²) < 4.78 is 30.1. The smallest absolute Gasteiger partial charge is 0.468 e. The Balaban J connectivity index is 0.00000155. The second-order valence-electron chi connectivity index (χ2n) is 9.12. The van der Waals surface area contributed by atoms with Crippen molar-refractivity contribution in [3.63, 3.8) is 0 Å². The third-order valence-corrected chi connectivity index (χ3v) is 5.47. The van der Waals surface area contributed by atoms with E-state index in [-0.39, 0.29) is 47.9 Å². The number of carbonyl (C=O) groups is 4. The van der Waals surface area contributed by atoms with E-state index in [0.717, 1.165) is 0 Å². The summed E-state index contributed by atoms with van der Waals surface area (Å²) in [5.74, 6) is -0.344. The number of ether oxygens (including phenoxy) is 6. The number of methoxy groups -OCH3 is 1. The topological polar surface area (TPSA) is 139 Å². The second-order valence-corrected chi connectivity index (χ2v) is 9.12. The minimum absolute atomic E-state index is 0.00748. The first kappa shape index (κ1) is 31.7. The number of hydrogen-bond acceptors (Lipinski definition) is 11. The summed E-state index contributed by atoms with van der Waals surface area (Å²) >= 11 is 0. The van der Waals surface area contributed by atoms with Crippen LogP contribution in [0.4, 0.5) is 9.59 Å². The fourth-order valence-corrected chi connectivity index (χ4v) is 2.54. The number of hydrogen-bond donors (Lipinski definition) is 1. The molecule has 0 saturated carbocycles. The van der Waals surface area contributed by atoms with Gasteiger partial charge in [0, 0.05) is 0 Å². The first-order valence-corrected chi connectivity index (χ1v) is 12.2. The molecule has 1 fully saturated rings. The van der Waals surface area contributed by atoms with Crippen molar-refractivity contribution in [2.45, 2.75) is 73.1 Å². The average Bonchev–Trinajstić information content (AvgIpc) is 3.61. The first-order valence-electron chi connectivity index (χ1n) is 12.2. The summed E-state index contributed by atoms with van der Waals surface area (Å²) in [5.41, 5.74) is 0.655. The number of epoxide rings is 1. The first-order chi connectivity index (χ1) is 17.4. The number of esters is 1. The van der Waals surface area contributed by atoms with Gasteiger partial charge in [-0.3, -0.25) is 4.79 Å². The van der Waals surface area contributed by atoms with Crippen LogP contribution >= 0.6 is 0 Å². The Morgan fingerprint density at radius 2 is 1.41 bits per heavy atom. The standard InChI is InChI=1S/C24H37NO8.C2H2O2/c1-9-25-19(22(26)29-8)12-18-10-11-20(32-23(27)30-16(6)14(2)3)21(13-18)33-24(28)31-17(7)15(4)5;3-2-1-4-2/h10-11,13-17,19,25H,9,12H2,1-8H3;1H2/t16?,17?,19-;/m0./s1. The summed E-state index contributed by atoms with van der Waals surface area (Å²) in [6.45, 7) is 13.9. The average molecular weight is 526 g/mol. The van der Waals surface area contributed by atoms with Crippen molar-refractivity contribution in [2.75, 3.05) is 20.3 Å². The lowest BCUT2D eigenvalue weighted by atomic mass is 10.1. The minimum Gasteiger partial charge on any atom is -0.468 e. The van der Waals surface area contributed by atoms with Crippen molar-refractivity contribution in [3.8, 4) is 11.5 Å². The summed E-state index contributed by atoms with van der Waals surface area (Å²) in [6, 6.07) is 4.06. The van der Waals surface area contributed by atoms with Crippen LogP contribution in [-0.2, 0) is 35.0 Å². The normalized spacial score (nSPS) is 14.4. The van der Waals surface area contributed by atoms with E-state index in [1.807, 2.05) is 34.6 Å². The van der Waals surface area contributed by atoms with Crippen LogP contribution in [0.5, 0.6) is 11.5 Å².